The van der Waals surface area contributed by atoms with Gasteiger partial charge in [0.25, 0.3) is 0 Å². The predicted molar refractivity (Wildman–Crippen MR) is 91.5 cm³/mol. The molecule has 3 unspecified atom stereocenters. The molecule has 0 N–H and O–H groups in total. The summed E-state index contributed by atoms with van der Waals surface area (Å²) in [6, 6.07) is 21.7. The van der Waals surface area contributed by atoms with Crippen molar-refractivity contribution in [2.45, 2.75) is 22.5 Å². The van der Waals surface area contributed by atoms with E-state index in [4.69, 9.17) is 0 Å². The maximum atomic E-state index is 4.47. The SMILES string of the molecule is CC1c2nnsc2C(c2ccccc2)[Se]C1c1ccccc1. The number of benzene rings is 2. The maximum absolute atomic E-state index is 4.47. The molecule has 0 spiro atoms. The molecule has 0 saturated carbocycles. The van der Waals surface area contributed by atoms with Gasteiger partial charge in [0.15, 0.2) is 0 Å². The number of hydrogen-bond acceptors (Lipinski definition) is 3. The van der Waals surface area contributed by atoms with E-state index < -0.39 is 0 Å². The van der Waals surface area contributed by atoms with Crippen LogP contribution in [0.5, 0.6) is 0 Å². The first-order valence-corrected chi connectivity index (χ1v) is 10.2. The molecule has 4 rings (SSSR count). The average Bonchev–Trinajstić information content (AvgIpc) is 3.07. The molecule has 3 atom stereocenters. The van der Waals surface area contributed by atoms with Crippen LogP contribution in [-0.4, -0.2) is 24.5 Å². The Kier molecular flexibility index (Phi) is 3.83. The number of fused-ring (bicyclic) bond motifs is 1. The molecule has 1 aliphatic heterocycles. The van der Waals surface area contributed by atoms with Crippen LogP contribution in [0.25, 0.3) is 0 Å². The second-order valence-corrected chi connectivity index (χ2v) is 8.98. The first kappa shape index (κ1) is 14.1. The number of nitrogens with zero attached hydrogens (tertiary/aromatic N) is 2. The van der Waals surface area contributed by atoms with Gasteiger partial charge < -0.3 is 0 Å². The number of rotatable bonds is 2. The van der Waals surface area contributed by atoms with Crippen LogP contribution in [0.1, 0.15) is 44.2 Å². The molecule has 0 fully saturated rings. The summed E-state index contributed by atoms with van der Waals surface area (Å²) in [5.41, 5.74) is 4.05. The van der Waals surface area contributed by atoms with E-state index in [0.717, 1.165) is 0 Å². The van der Waals surface area contributed by atoms with Crippen LogP contribution in [0, 0.1) is 0 Å². The Bertz CT molecular complexity index is 757. The van der Waals surface area contributed by atoms with E-state index in [1.54, 1.807) is 11.5 Å². The third kappa shape index (κ3) is 2.41. The fourth-order valence-electron chi connectivity index (χ4n) is 3.04. The standard InChI is InChI=1S/C18H16N2SSe/c1-12-15-16(21-20-19-15)18(14-10-6-3-7-11-14)22-17(12)13-8-4-2-5-9-13/h2-12,17-18H,1H3. The van der Waals surface area contributed by atoms with Crippen molar-refractivity contribution in [1.82, 2.24) is 9.59 Å². The molecule has 22 heavy (non-hydrogen) atoms. The molecule has 0 amide bonds. The quantitative estimate of drug-likeness (QED) is 0.632. The number of aromatic nitrogens is 2. The zero-order valence-corrected chi connectivity index (χ0v) is 14.7. The van der Waals surface area contributed by atoms with Crippen molar-refractivity contribution in [1.29, 1.82) is 0 Å². The summed E-state index contributed by atoms with van der Waals surface area (Å²) >= 11 is 2.05. The molecule has 4 heteroatoms. The van der Waals surface area contributed by atoms with Gasteiger partial charge in [-0.1, -0.05) is 0 Å². The minimum absolute atomic E-state index is 0.455. The van der Waals surface area contributed by atoms with Crippen molar-refractivity contribution < 1.29 is 0 Å². The summed E-state index contributed by atoms with van der Waals surface area (Å²) in [4.78, 5) is 2.42. The summed E-state index contributed by atoms with van der Waals surface area (Å²) in [6.45, 7) is 2.31. The van der Waals surface area contributed by atoms with Gasteiger partial charge in [-0.15, -0.1) is 0 Å². The summed E-state index contributed by atoms with van der Waals surface area (Å²) < 4.78 is 4.26. The molecule has 3 aromatic rings. The van der Waals surface area contributed by atoms with Gasteiger partial charge in [-0.3, -0.25) is 0 Å². The Balaban J connectivity index is 1.79. The van der Waals surface area contributed by atoms with E-state index in [1.807, 2.05) is 0 Å². The first-order chi connectivity index (χ1) is 10.8. The molecule has 2 aromatic carbocycles. The molecule has 0 saturated heterocycles. The van der Waals surface area contributed by atoms with Crippen molar-refractivity contribution in [3.8, 4) is 0 Å². The van der Waals surface area contributed by atoms with E-state index in [2.05, 4.69) is 77.2 Å². The first-order valence-electron chi connectivity index (χ1n) is 7.42. The number of hydrogen-bond donors (Lipinski definition) is 0. The summed E-state index contributed by atoms with van der Waals surface area (Å²) in [5.74, 6) is 0.455. The molecule has 1 aromatic heterocycles. The zero-order chi connectivity index (χ0) is 14.9. The van der Waals surface area contributed by atoms with Crippen molar-refractivity contribution >= 4 is 26.5 Å². The summed E-state index contributed by atoms with van der Waals surface area (Å²) in [5, 5.41) is 4.47. The van der Waals surface area contributed by atoms with E-state index in [0.29, 0.717) is 30.5 Å². The Morgan fingerprint density at radius 1 is 0.909 bits per heavy atom. The van der Waals surface area contributed by atoms with Gasteiger partial charge in [-0.05, 0) is 0 Å². The van der Waals surface area contributed by atoms with E-state index in [9.17, 15) is 0 Å². The van der Waals surface area contributed by atoms with Crippen molar-refractivity contribution in [3.05, 3.63) is 82.4 Å². The van der Waals surface area contributed by atoms with Crippen LogP contribution < -0.4 is 0 Å². The Labute approximate surface area is 140 Å². The van der Waals surface area contributed by atoms with Crippen molar-refractivity contribution in [3.63, 3.8) is 0 Å². The molecule has 0 bridgehead atoms. The zero-order valence-electron chi connectivity index (χ0n) is 12.2. The molecular formula is C18H16N2SSe. The van der Waals surface area contributed by atoms with Gasteiger partial charge in [0.1, 0.15) is 0 Å². The fourth-order valence-corrected chi connectivity index (χ4v) is 7.58. The fraction of sp³-hybridized carbons (Fsp3) is 0.222. The van der Waals surface area contributed by atoms with E-state index >= 15 is 0 Å². The van der Waals surface area contributed by atoms with Gasteiger partial charge in [-0.25, -0.2) is 0 Å². The van der Waals surface area contributed by atoms with Gasteiger partial charge in [0.2, 0.25) is 0 Å². The molecule has 1 aliphatic rings. The van der Waals surface area contributed by atoms with E-state index in [1.165, 1.54) is 21.7 Å². The Hall–Kier alpha value is -1.48. The van der Waals surface area contributed by atoms with Crippen LogP contribution in [0.2, 0.25) is 0 Å². The van der Waals surface area contributed by atoms with Crippen LogP contribution in [-0.2, 0) is 0 Å². The van der Waals surface area contributed by atoms with Crippen molar-refractivity contribution in [2.75, 3.05) is 0 Å². The van der Waals surface area contributed by atoms with Gasteiger partial charge in [0.05, 0.1) is 0 Å². The summed E-state index contributed by atoms with van der Waals surface area (Å²) in [6.07, 6.45) is 0. The Morgan fingerprint density at radius 3 is 2.23 bits per heavy atom. The van der Waals surface area contributed by atoms with Crippen LogP contribution in [0.15, 0.2) is 60.7 Å². The second-order valence-electron chi connectivity index (χ2n) is 5.57. The third-order valence-electron chi connectivity index (χ3n) is 4.18. The monoisotopic (exact) mass is 372 g/mol. The molecule has 2 heterocycles. The topological polar surface area (TPSA) is 25.8 Å². The Morgan fingerprint density at radius 2 is 1.55 bits per heavy atom. The molecular weight excluding hydrogens is 355 g/mol. The second kappa shape index (κ2) is 5.96. The van der Waals surface area contributed by atoms with Gasteiger partial charge >= 0.3 is 141 Å². The molecule has 110 valence electrons. The van der Waals surface area contributed by atoms with Crippen molar-refractivity contribution in [2.24, 2.45) is 0 Å². The predicted octanol–water partition coefficient (Wildman–Crippen LogP) is 4.19. The summed E-state index contributed by atoms with van der Waals surface area (Å²) in [7, 11) is 0. The van der Waals surface area contributed by atoms with Crippen LogP contribution in [0.4, 0.5) is 0 Å². The van der Waals surface area contributed by atoms with Crippen LogP contribution >= 0.6 is 11.5 Å². The van der Waals surface area contributed by atoms with E-state index in [-0.39, 0.29) is 0 Å². The third-order valence-corrected chi connectivity index (χ3v) is 9.00. The minimum atomic E-state index is 0.455. The molecule has 0 radical (unpaired) electrons. The molecule has 2 nitrogen and oxygen atoms in total. The average molecular weight is 371 g/mol. The van der Waals surface area contributed by atoms with Gasteiger partial charge in [0, 0.05) is 0 Å². The van der Waals surface area contributed by atoms with Crippen LogP contribution in [0.3, 0.4) is 0 Å². The van der Waals surface area contributed by atoms with Gasteiger partial charge in [-0.2, -0.15) is 0 Å². The molecule has 0 aliphatic carbocycles. The normalized spacial score (nSPS) is 24.0.